The van der Waals surface area contributed by atoms with Crippen LogP contribution < -0.4 is 0 Å². The van der Waals surface area contributed by atoms with Crippen LogP contribution in [0.3, 0.4) is 0 Å². The van der Waals surface area contributed by atoms with Gasteiger partial charge >= 0.3 is 0 Å². The van der Waals surface area contributed by atoms with Gasteiger partial charge in [-0.1, -0.05) is 6.92 Å². The van der Waals surface area contributed by atoms with Gasteiger partial charge in [0, 0.05) is 18.1 Å². The monoisotopic (exact) mass is 240 g/mol. The summed E-state index contributed by atoms with van der Waals surface area (Å²) in [6, 6.07) is 2.57. The lowest BCUT2D eigenvalue weighted by molar-refractivity contribution is 0.308. The van der Waals surface area contributed by atoms with Gasteiger partial charge in [-0.15, -0.1) is 11.6 Å². The molecule has 1 fully saturated rings. The Bertz CT molecular complexity index is 355. The summed E-state index contributed by atoms with van der Waals surface area (Å²) in [6.07, 6.45) is 5.77. The summed E-state index contributed by atoms with van der Waals surface area (Å²) in [6.45, 7) is 6.60. The van der Waals surface area contributed by atoms with E-state index < -0.39 is 0 Å². The van der Waals surface area contributed by atoms with Crippen LogP contribution in [0.25, 0.3) is 0 Å². The SMILES string of the molecule is CC(C)n1ccc(CC(C)(CCl)C2CC2)n1. The molecule has 1 aromatic heterocycles. The van der Waals surface area contributed by atoms with Crippen LogP contribution in [0.2, 0.25) is 0 Å². The van der Waals surface area contributed by atoms with Crippen molar-refractivity contribution in [3.05, 3.63) is 18.0 Å². The number of rotatable bonds is 5. The highest BCUT2D eigenvalue weighted by molar-refractivity contribution is 6.18. The van der Waals surface area contributed by atoms with E-state index in [1.165, 1.54) is 18.5 Å². The number of aromatic nitrogens is 2. The van der Waals surface area contributed by atoms with Crippen molar-refractivity contribution in [1.82, 2.24) is 9.78 Å². The fourth-order valence-corrected chi connectivity index (χ4v) is 2.57. The minimum Gasteiger partial charge on any atom is -0.270 e. The third kappa shape index (κ3) is 2.42. The second kappa shape index (κ2) is 4.40. The number of alkyl halides is 1. The van der Waals surface area contributed by atoms with Gasteiger partial charge in [0.25, 0.3) is 0 Å². The molecular formula is C13H21ClN2. The van der Waals surface area contributed by atoms with Gasteiger partial charge in [0.2, 0.25) is 0 Å². The maximum absolute atomic E-state index is 6.13. The topological polar surface area (TPSA) is 17.8 Å². The van der Waals surface area contributed by atoms with Crippen LogP contribution in [0.4, 0.5) is 0 Å². The van der Waals surface area contributed by atoms with E-state index in [0.29, 0.717) is 6.04 Å². The highest BCUT2D eigenvalue weighted by Crippen LogP contribution is 2.47. The summed E-state index contributed by atoms with van der Waals surface area (Å²) in [7, 11) is 0. The molecule has 0 spiro atoms. The van der Waals surface area contributed by atoms with Crippen molar-refractivity contribution in [2.24, 2.45) is 11.3 Å². The summed E-state index contributed by atoms with van der Waals surface area (Å²) in [5.41, 5.74) is 1.43. The van der Waals surface area contributed by atoms with Gasteiger partial charge < -0.3 is 0 Å². The third-order valence-corrected chi connectivity index (χ3v) is 4.26. The Kier molecular flexibility index (Phi) is 3.29. The molecule has 16 heavy (non-hydrogen) atoms. The van der Waals surface area contributed by atoms with E-state index in [4.69, 9.17) is 11.6 Å². The van der Waals surface area contributed by atoms with Gasteiger partial charge in [0.05, 0.1) is 5.69 Å². The number of halogens is 1. The number of hydrogen-bond acceptors (Lipinski definition) is 1. The van der Waals surface area contributed by atoms with Crippen LogP contribution >= 0.6 is 11.6 Å². The molecule has 2 nitrogen and oxygen atoms in total. The molecule has 1 aromatic rings. The Morgan fingerprint density at radius 3 is 2.69 bits per heavy atom. The second-order valence-corrected chi connectivity index (χ2v) is 5.89. The Balaban J connectivity index is 2.06. The van der Waals surface area contributed by atoms with Crippen molar-refractivity contribution in [2.45, 2.75) is 46.1 Å². The molecule has 90 valence electrons. The minimum absolute atomic E-state index is 0.248. The predicted molar refractivity (Wildman–Crippen MR) is 67.9 cm³/mol. The Morgan fingerprint density at radius 2 is 2.25 bits per heavy atom. The van der Waals surface area contributed by atoms with E-state index in [-0.39, 0.29) is 5.41 Å². The quantitative estimate of drug-likeness (QED) is 0.719. The Hall–Kier alpha value is -0.500. The van der Waals surface area contributed by atoms with Crippen molar-refractivity contribution in [2.75, 3.05) is 5.88 Å². The zero-order valence-corrected chi connectivity index (χ0v) is 11.2. The van der Waals surface area contributed by atoms with Crippen molar-refractivity contribution in [3.63, 3.8) is 0 Å². The normalized spacial score (nSPS) is 20.1. The van der Waals surface area contributed by atoms with E-state index in [1.807, 2.05) is 4.68 Å². The molecular weight excluding hydrogens is 220 g/mol. The van der Waals surface area contributed by atoms with E-state index in [9.17, 15) is 0 Å². The van der Waals surface area contributed by atoms with Crippen molar-refractivity contribution in [1.29, 1.82) is 0 Å². The van der Waals surface area contributed by atoms with Crippen LogP contribution in [0.15, 0.2) is 12.3 Å². The lowest BCUT2D eigenvalue weighted by Crippen LogP contribution is -2.24. The highest BCUT2D eigenvalue weighted by atomic mass is 35.5. The van der Waals surface area contributed by atoms with Crippen LogP contribution in [-0.4, -0.2) is 15.7 Å². The maximum atomic E-state index is 6.13. The summed E-state index contributed by atoms with van der Waals surface area (Å²) in [5.74, 6) is 1.56. The predicted octanol–water partition coefficient (Wildman–Crippen LogP) is 3.66. The van der Waals surface area contributed by atoms with Crippen LogP contribution in [0.5, 0.6) is 0 Å². The molecule has 0 aliphatic heterocycles. The largest absolute Gasteiger partial charge is 0.270 e. The van der Waals surface area contributed by atoms with Gasteiger partial charge in [-0.3, -0.25) is 4.68 Å². The van der Waals surface area contributed by atoms with Crippen molar-refractivity contribution >= 4 is 11.6 Å². The molecule has 2 rings (SSSR count). The molecule has 1 saturated carbocycles. The summed E-state index contributed by atoms with van der Waals surface area (Å²) in [4.78, 5) is 0. The minimum atomic E-state index is 0.248. The zero-order valence-electron chi connectivity index (χ0n) is 10.4. The summed E-state index contributed by atoms with van der Waals surface area (Å²) >= 11 is 6.13. The van der Waals surface area contributed by atoms with Crippen molar-refractivity contribution < 1.29 is 0 Å². The van der Waals surface area contributed by atoms with Gasteiger partial charge in [-0.2, -0.15) is 5.10 Å². The second-order valence-electron chi connectivity index (χ2n) is 5.62. The van der Waals surface area contributed by atoms with Gasteiger partial charge in [0.1, 0.15) is 0 Å². The Morgan fingerprint density at radius 1 is 1.56 bits per heavy atom. The van der Waals surface area contributed by atoms with Gasteiger partial charge in [0.15, 0.2) is 0 Å². The molecule has 0 bridgehead atoms. The van der Waals surface area contributed by atoms with E-state index in [1.54, 1.807) is 0 Å². The molecule has 1 aliphatic rings. The standard InChI is InChI=1S/C13H21ClN2/c1-10(2)16-7-6-12(15-16)8-13(3,9-14)11-4-5-11/h6-7,10-11H,4-5,8-9H2,1-3H3. The molecule has 3 heteroatoms. The van der Waals surface area contributed by atoms with E-state index in [2.05, 4.69) is 38.1 Å². The first kappa shape index (κ1) is 12.0. The molecule has 0 saturated heterocycles. The van der Waals surface area contributed by atoms with E-state index >= 15 is 0 Å². The molecule has 1 unspecified atom stereocenters. The average Bonchev–Trinajstić information content (AvgIpc) is 3.00. The number of nitrogens with zero attached hydrogens (tertiary/aromatic N) is 2. The molecule has 0 radical (unpaired) electrons. The first-order valence-corrected chi connectivity index (χ1v) is 6.68. The first-order valence-electron chi connectivity index (χ1n) is 6.15. The van der Waals surface area contributed by atoms with E-state index in [0.717, 1.165) is 18.2 Å². The molecule has 1 aliphatic carbocycles. The smallest absolute Gasteiger partial charge is 0.0630 e. The summed E-state index contributed by atoms with van der Waals surface area (Å²) < 4.78 is 2.02. The van der Waals surface area contributed by atoms with Crippen LogP contribution in [0, 0.1) is 11.3 Å². The fourth-order valence-electron chi connectivity index (χ4n) is 2.25. The van der Waals surface area contributed by atoms with Crippen LogP contribution in [0.1, 0.15) is 45.3 Å². The van der Waals surface area contributed by atoms with Crippen molar-refractivity contribution in [3.8, 4) is 0 Å². The van der Waals surface area contributed by atoms with Gasteiger partial charge in [-0.25, -0.2) is 0 Å². The molecule has 0 N–H and O–H groups in total. The maximum Gasteiger partial charge on any atom is 0.0630 e. The summed E-state index contributed by atoms with van der Waals surface area (Å²) in [5, 5.41) is 4.61. The molecule has 1 atom stereocenters. The van der Waals surface area contributed by atoms with Crippen LogP contribution in [-0.2, 0) is 6.42 Å². The lowest BCUT2D eigenvalue weighted by Gasteiger charge is -2.26. The highest BCUT2D eigenvalue weighted by Gasteiger charge is 2.41. The fraction of sp³-hybridized carbons (Fsp3) is 0.769. The number of hydrogen-bond donors (Lipinski definition) is 0. The Labute approximate surface area is 103 Å². The molecule has 0 aromatic carbocycles. The average molecular weight is 241 g/mol. The lowest BCUT2D eigenvalue weighted by atomic mass is 9.82. The zero-order chi connectivity index (χ0) is 11.8. The van der Waals surface area contributed by atoms with Gasteiger partial charge in [-0.05, 0) is 50.5 Å². The first-order chi connectivity index (χ1) is 7.55. The third-order valence-electron chi connectivity index (χ3n) is 3.65. The molecule has 1 heterocycles. The molecule has 0 amide bonds.